The van der Waals surface area contributed by atoms with Gasteiger partial charge in [0.15, 0.2) is 23.6 Å². The second-order valence-electron chi connectivity index (χ2n) is 17.1. The van der Waals surface area contributed by atoms with Crippen molar-refractivity contribution in [3.63, 3.8) is 0 Å². The number of ketones is 1. The Balaban J connectivity index is 1.26. The van der Waals surface area contributed by atoms with Crippen LogP contribution in [0.1, 0.15) is 79.8 Å². The second-order valence-corrected chi connectivity index (χ2v) is 17.1. The zero-order valence-corrected chi connectivity index (χ0v) is 34.2. The highest BCUT2D eigenvalue weighted by molar-refractivity contribution is 5.97. The molecule has 0 radical (unpaired) electrons. The van der Waals surface area contributed by atoms with Crippen LogP contribution in [0.15, 0.2) is 102 Å². The molecule has 4 fully saturated rings. The number of ether oxygens (including phenoxy) is 5. The molecule has 320 valence electrons. The van der Waals surface area contributed by atoms with Gasteiger partial charge in [0.1, 0.15) is 23.4 Å². The van der Waals surface area contributed by atoms with E-state index in [2.05, 4.69) is 5.32 Å². The number of hydrogen-bond donors (Lipinski definition) is 4. The Kier molecular flexibility index (Phi) is 10.1. The Morgan fingerprint density at radius 3 is 1.98 bits per heavy atom. The van der Waals surface area contributed by atoms with Crippen LogP contribution in [0, 0.1) is 16.7 Å². The molecule has 1 aliphatic heterocycles. The van der Waals surface area contributed by atoms with Gasteiger partial charge in [0.2, 0.25) is 0 Å². The van der Waals surface area contributed by atoms with E-state index in [1.807, 2.05) is 0 Å². The molecule has 2 unspecified atom stereocenters. The second kappa shape index (κ2) is 14.7. The van der Waals surface area contributed by atoms with Crippen LogP contribution in [0.3, 0.4) is 0 Å². The molecule has 1 heterocycles. The van der Waals surface area contributed by atoms with E-state index in [9.17, 15) is 39.3 Å². The van der Waals surface area contributed by atoms with E-state index in [-0.39, 0.29) is 35.3 Å². The number of Topliss-reactive ketones (excluding diaryl/α,β-unsaturated/α-hetero) is 1. The molecule has 3 aromatic carbocycles. The fraction of sp³-hybridized carbons (Fsp3) is 0.435. The van der Waals surface area contributed by atoms with Crippen molar-refractivity contribution >= 4 is 35.6 Å². The van der Waals surface area contributed by atoms with Gasteiger partial charge in [-0.3, -0.25) is 19.2 Å². The summed E-state index contributed by atoms with van der Waals surface area (Å²) in [6.45, 7) is 6.36. The molecule has 0 bridgehead atoms. The van der Waals surface area contributed by atoms with Gasteiger partial charge >= 0.3 is 23.9 Å². The van der Waals surface area contributed by atoms with Crippen LogP contribution in [-0.4, -0.2) is 105 Å². The maximum atomic E-state index is 15.3. The number of hydrogen-bond acceptors (Lipinski definition) is 14. The zero-order valence-electron chi connectivity index (χ0n) is 34.2. The first-order valence-corrected chi connectivity index (χ1v) is 20.1. The maximum Gasteiger partial charge on any atom is 0.338 e. The van der Waals surface area contributed by atoms with Crippen molar-refractivity contribution in [2.75, 3.05) is 6.61 Å². The van der Waals surface area contributed by atoms with Gasteiger partial charge in [-0.2, -0.15) is 0 Å². The lowest BCUT2D eigenvalue weighted by molar-refractivity contribution is -0.376. The summed E-state index contributed by atoms with van der Waals surface area (Å²) in [5.41, 5.74) is -8.81. The summed E-state index contributed by atoms with van der Waals surface area (Å²) in [5, 5.41) is 40.0. The minimum absolute atomic E-state index is 0.0434. The number of fused-ring (bicyclic) bond motifs is 3. The molecule has 4 aliphatic carbocycles. The zero-order chi connectivity index (χ0) is 43.9. The topological polar surface area (TPSA) is 221 Å². The molecule has 1 saturated heterocycles. The molecule has 3 saturated carbocycles. The van der Waals surface area contributed by atoms with E-state index in [1.165, 1.54) is 32.9 Å². The monoisotopic (exact) mass is 837 g/mol. The summed E-state index contributed by atoms with van der Waals surface area (Å²) < 4.78 is 30.3. The molecule has 61 heavy (non-hydrogen) atoms. The van der Waals surface area contributed by atoms with E-state index in [4.69, 9.17) is 23.7 Å². The molecule has 4 N–H and O–H groups in total. The van der Waals surface area contributed by atoms with Gasteiger partial charge in [-0.15, -0.1) is 0 Å². The normalized spacial score (nSPS) is 35.3. The Morgan fingerprint density at radius 1 is 0.836 bits per heavy atom. The predicted octanol–water partition coefficient (Wildman–Crippen LogP) is 3.10. The Labute approximate surface area is 351 Å². The first-order valence-electron chi connectivity index (χ1n) is 20.1. The predicted molar refractivity (Wildman–Crippen MR) is 211 cm³/mol. The Morgan fingerprint density at radius 2 is 1.43 bits per heavy atom. The summed E-state index contributed by atoms with van der Waals surface area (Å²) >= 11 is 0. The third-order valence-electron chi connectivity index (χ3n) is 14.1. The molecule has 8 rings (SSSR count). The van der Waals surface area contributed by atoms with Crippen molar-refractivity contribution in [1.29, 1.82) is 0 Å². The molecule has 3 aromatic rings. The third-order valence-corrected chi connectivity index (χ3v) is 14.1. The molecular formula is C46H47NO14. The first-order chi connectivity index (χ1) is 28.9. The molecule has 5 aliphatic rings. The van der Waals surface area contributed by atoms with Crippen molar-refractivity contribution in [2.24, 2.45) is 16.7 Å². The molecule has 1 amide bonds. The largest absolute Gasteiger partial charge is 0.455 e. The van der Waals surface area contributed by atoms with Crippen molar-refractivity contribution in [3.05, 3.63) is 119 Å². The molecule has 15 nitrogen and oxygen atoms in total. The van der Waals surface area contributed by atoms with Crippen molar-refractivity contribution in [2.45, 2.75) is 101 Å². The van der Waals surface area contributed by atoms with Crippen LogP contribution < -0.4 is 5.32 Å². The fourth-order valence-electron chi connectivity index (χ4n) is 11.0. The summed E-state index contributed by atoms with van der Waals surface area (Å²) in [7, 11) is 0. The van der Waals surface area contributed by atoms with Crippen molar-refractivity contribution in [1.82, 2.24) is 5.32 Å². The third kappa shape index (κ3) is 5.92. The lowest BCUT2D eigenvalue weighted by Gasteiger charge is -2.78. The number of carbonyl (C=O) groups is 6. The van der Waals surface area contributed by atoms with Crippen molar-refractivity contribution in [3.8, 4) is 0 Å². The van der Waals surface area contributed by atoms with Crippen LogP contribution in [0.4, 0.5) is 0 Å². The average Bonchev–Trinajstić information content (AvgIpc) is 3.24. The molecule has 15 heteroatoms. The maximum absolute atomic E-state index is 15.3. The van der Waals surface area contributed by atoms with Crippen LogP contribution in [0.2, 0.25) is 0 Å². The van der Waals surface area contributed by atoms with Crippen LogP contribution in [0.25, 0.3) is 0 Å². The number of amides is 1. The first kappa shape index (κ1) is 42.0. The minimum Gasteiger partial charge on any atom is -0.455 e. The quantitative estimate of drug-likeness (QED) is 0.131. The van der Waals surface area contributed by atoms with Gasteiger partial charge in [0.25, 0.3) is 5.91 Å². The number of benzene rings is 3. The number of rotatable bonds is 10. The minimum atomic E-state index is -2.30. The molecular weight excluding hydrogens is 790 g/mol. The van der Waals surface area contributed by atoms with Crippen LogP contribution in [-0.2, 0) is 42.9 Å². The SMILES string of the molecule is CC(=O)O[C@H]1C(=O)[C@@]2(C)C([C@H](OC(=O)c3ccccc3)[C@]3(O)C[C@@]4(OC(=O)[C@H](O)[C@@H](NC(=O)c5ccccc5)c5ccccc5)C(C)=C1C34C)[C@]1(OC(C)=O)CO[C@@H]1C[C@@H]2O. The van der Waals surface area contributed by atoms with Gasteiger partial charge in [0, 0.05) is 32.3 Å². The van der Waals surface area contributed by atoms with E-state index >= 15 is 4.79 Å². The van der Waals surface area contributed by atoms with Gasteiger partial charge in [0.05, 0.1) is 41.1 Å². The van der Waals surface area contributed by atoms with Gasteiger partial charge in [-0.25, -0.2) is 9.59 Å². The number of esters is 4. The summed E-state index contributed by atoms with van der Waals surface area (Å²) in [6, 6.07) is 23.0. The Bertz CT molecular complexity index is 2340. The number of nitrogens with one attached hydrogen (secondary N) is 1. The standard InChI is InChI=1S/C46H47NO14/c1-24-32-35(58-25(2)48)37(52)42(4)30(50)21-31-44(23-57-31,60-26(3)49)36(42)38(59-40(54)29-19-13-8-14-20-29)45(56)22-46(24,43(32,45)5)61-41(55)34(51)33(27-15-9-6-10-16-27)47-39(53)28-17-11-7-12-18-28/h6-20,30-31,33-36,38,50-51,56H,21-23H2,1-5H3,(H,47,53)/t30-,31+,33-,34+,35+,36?,38-,42+,43?,44-,45+,46+/m0/s1. The van der Waals surface area contributed by atoms with E-state index < -0.39 is 112 Å². The summed E-state index contributed by atoms with van der Waals surface area (Å²) in [6.07, 6.45) is -8.82. The summed E-state index contributed by atoms with van der Waals surface area (Å²) in [4.78, 5) is 83.2. The fourth-order valence-corrected chi connectivity index (χ4v) is 11.0. The summed E-state index contributed by atoms with van der Waals surface area (Å²) in [5.74, 6) is -6.74. The molecule has 0 aromatic heterocycles. The number of aliphatic hydroxyl groups excluding tert-OH is 2. The highest BCUT2D eigenvalue weighted by Crippen LogP contribution is 2.78. The highest BCUT2D eigenvalue weighted by Gasteiger charge is 2.89. The smallest absolute Gasteiger partial charge is 0.338 e. The van der Waals surface area contributed by atoms with Gasteiger partial charge < -0.3 is 44.3 Å². The Hall–Kier alpha value is -5.74. The van der Waals surface area contributed by atoms with Gasteiger partial charge in [-0.1, -0.05) is 66.7 Å². The van der Waals surface area contributed by atoms with E-state index in [1.54, 1.807) is 78.9 Å². The lowest BCUT2D eigenvalue weighted by atomic mass is 9.30. The van der Waals surface area contributed by atoms with E-state index in [0.29, 0.717) is 5.56 Å². The number of carbonyl (C=O) groups excluding carboxylic acids is 6. The van der Waals surface area contributed by atoms with E-state index in [0.717, 1.165) is 13.8 Å². The van der Waals surface area contributed by atoms with Gasteiger partial charge in [-0.05, 0) is 61.7 Å². The lowest BCUT2D eigenvalue weighted by Crippen LogP contribution is -2.90. The van der Waals surface area contributed by atoms with Crippen LogP contribution >= 0.6 is 0 Å². The number of aliphatic hydroxyl groups is 3. The highest BCUT2D eigenvalue weighted by atomic mass is 16.6. The van der Waals surface area contributed by atoms with Crippen LogP contribution in [0.5, 0.6) is 0 Å². The molecule has 0 spiro atoms. The average molecular weight is 838 g/mol. The molecule has 12 atom stereocenters. The van der Waals surface area contributed by atoms with Crippen molar-refractivity contribution < 1.29 is 67.8 Å².